The Morgan fingerprint density at radius 3 is 2.58 bits per heavy atom. The number of rotatable bonds is 7. The van der Waals surface area contributed by atoms with E-state index >= 15 is 0 Å². The second-order valence-electron chi connectivity index (χ2n) is 5.72. The van der Waals surface area contributed by atoms with E-state index in [4.69, 9.17) is 0 Å². The summed E-state index contributed by atoms with van der Waals surface area (Å²) in [5, 5.41) is 13.5. The molecule has 0 aromatic heterocycles. The topological polar surface area (TPSA) is 32.3 Å². The van der Waals surface area contributed by atoms with Gasteiger partial charge in [0, 0.05) is 21.7 Å². The molecule has 2 rings (SSSR count). The third-order valence-corrected chi connectivity index (χ3v) is 4.48. The van der Waals surface area contributed by atoms with Crippen LogP contribution in [0.3, 0.4) is 0 Å². The molecule has 4 heteroatoms. The van der Waals surface area contributed by atoms with Crippen LogP contribution in [0.4, 0.5) is 4.39 Å². The maximum Gasteiger partial charge on any atom is 0.123 e. The molecule has 0 radical (unpaired) electrons. The molecule has 0 bridgehead atoms. The van der Waals surface area contributed by atoms with E-state index in [9.17, 15) is 9.50 Å². The molecule has 1 fully saturated rings. The van der Waals surface area contributed by atoms with E-state index in [0.717, 1.165) is 11.3 Å². The normalized spacial score (nSPS) is 20.0. The van der Waals surface area contributed by atoms with Crippen LogP contribution < -0.4 is 5.32 Å². The molecule has 1 aliphatic rings. The number of hydrogen-bond acceptors (Lipinski definition) is 3. The molecule has 2 nitrogen and oxygen atoms in total. The molecular weight excluding hydrogens is 261 g/mol. The monoisotopic (exact) mass is 283 g/mol. The highest BCUT2D eigenvalue weighted by Gasteiger charge is 2.33. The van der Waals surface area contributed by atoms with Crippen LogP contribution in [0.25, 0.3) is 0 Å². The van der Waals surface area contributed by atoms with Crippen molar-refractivity contribution in [2.75, 3.05) is 6.61 Å². The van der Waals surface area contributed by atoms with Crippen molar-refractivity contribution in [3.05, 3.63) is 30.1 Å². The van der Waals surface area contributed by atoms with Crippen LogP contribution in [-0.2, 0) is 0 Å². The number of hydrogen-bond donors (Lipinski definition) is 2. The second kappa shape index (κ2) is 6.25. The van der Waals surface area contributed by atoms with Crippen molar-refractivity contribution in [3.63, 3.8) is 0 Å². The lowest BCUT2D eigenvalue weighted by atomic mass is 9.97. The van der Waals surface area contributed by atoms with E-state index in [1.54, 1.807) is 23.9 Å². The molecule has 0 spiro atoms. The van der Waals surface area contributed by atoms with Gasteiger partial charge in [-0.3, -0.25) is 0 Å². The highest BCUT2D eigenvalue weighted by Crippen LogP contribution is 2.31. The average Bonchev–Trinajstić information content (AvgIpc) is 3.15. The Hall–Kier alpha value is -0.580. The molecular formula is C15H22FNOS. The summed E-state index contributed by atoms with van der Waals surface area (Å²) >= 11 is 1.72. The largest absolute Gasteiger partial charge is 0.394 e. The number of thioether (sulfide) groups is 1. The lowest BCUT2D eigenvalue weighted by Crippen LogP contribution is -2.48. The minimum absolute atomic E-state index is 0.151. The third-order valence-electron chi connectivity index (χ3n) is 3.37. The molecule has 1 saturated carbocycles. The number of aliphatic hydroxyl groups is 1. The molecule has 0 amide bonds. The second-order valence-corrected chi connectivity index (χ2v) is 7.24. The van der Waals surface area contributed by atoms with Crippen LogP contribution in [0, 0.1) is 5.82 Å². The molecule has 1 aliphatic carbocycles. The van der Waals surface area contributed by atoms with Crippen molar-refractivity contribution in [3.8, 4) is 0 Å². The molecule has 1 aromatic rings. The minimum atomic E-state index is -0.215. The van der Waals surface area contributed by atoms with Crippen LogP contribution in [0.5, 0.6) is 0 Å². The molecule has 19 heavy (non-hydrogen) atoms. The van der Waals surface area contributed by atoms with E-state index < -0.39 is 0 Å². The predicted octanol–water partition coefficient (Wildman–Crippen LogP) is 3.20. The lowest BCUT2D eigenvalue weighted by molar-refractivity contribution is 0.164. The zero-order chi connectivity index (χ0) is 13.9. The summed E-state index contributed by atoms with van der Waals surface area (Å²) in [5.41, 5.74) is -0.215. The molecule has 2 N–H and O–H groups in total. The fraction of sp³-hybridized carbons (Fsp3) is 0.600. The van der Waals surface area contributed by atoms with E-state index in [1.807, 2.05) is 0 Å². The van der Waals surface area contributed by atoms with Gasteiger partial charge in [0.25, 0.3) is 0 Å². The first-order valence-electron chi connectivity index (χ1n) is 6.81. The van der Waals surface area contributed by atoms with Gasteiger partial charge < -0.3 is 10.4 Å². The summed E-state index contributed by atoms with van der Waals surface area (Å²) in [6.07, 6.45) is 3.33. The minimum Gasteiger partial charge on any atom is -0.394 e. The Morgan fingerprint density at radius 1 is 1.42 bits per heavy atom. The van der Waals surface area contributed by atoms with Crippen LogP contribution in [0.2, 0.25) is 0 Å². The highest BCUT2D eigenvalue weighted by molar-refractivity contribution is 7.99. The van der Waals surface area contributed by atoms with Crippen LogP contribution in [0.15, 0.2) is 29.2 Å². The number of halogens is 1. The molecule has 2 atom stereocenters. The van der Waals surface area contributed by atoms with Crippen LogP contribution >= 0.6 is 11.8 Å². The number of benzene rings is 1. The zero-order valence-electron chi connectivity index (χ0n) is 11.5. The Balaban J connectivity index is 1.87. The molecule has 0 heterocycles. The average molecular weight is 283 g/mol. The van der Waals surface area contributed by atoms with Gasteiger partial charge in [-0.15, -0.1) is 11.8 Å². The molecule has 1 aromatic carbocycles. The summed E-state index contributed by atoms with van der Waals surface area (Å²) in [5.74, 6) is -0.201. The Labute approximate surface area is 118 Å². The van der Waals surface area contributed by atoms with Crippen molar-refractivity contribution in [1.82, 2.24) is 5.32 Å². The first-order valence-corrected chi connectivity index (χ1v) is 7.69. The summed E-state index contributed by atoms with van der Waals surface area (Å²) in [4.78, 5) is 1.07. The van der Waals surface area contributed by atoms with Crippen molar-refractivity contribution in [2.45, 2.75) is 54.8 Å². The summed E-state index contributed by atoms with van der Waals surface area (Å²) in [6, 6.07) is 7.17. The van der Waals surface area contributed by atoms with Crippen molar-refractivity contribution in [2.24, 2.45) is 0 Å². The van der Waals surface area contributed by atoms with Crippen molar-refractivity contribution < 1.29 is 9.50 Å². The van der Waals surface area contributed by atoms with Gasteiger partial charge in [0.15, 0.2) is 0 Å². The van der Waals surface area contributed by atoms with Gasteiger partial charge in [-0.05, 0) is 50.5 Å². The SMILES string of the molecule is CC(CC(C)(CO)NC1CC1)Sc1ccc(F)cc1. The van der Waals surface area contributed by atoms with Gasteiger partial charge in [0.05, 0.1) is 6.61 Å². The summed E-state index contributed by atoms with van der Waals surface area (Å²) in [7, 11) is 0. The van der Waals surface area contributed by atoms with E-state index in [0.29, 0.717) is 11.3 Å². The third kappa shape index (κ3) is 4.79. The Morgan fingerprint density at radius 2 is 2.05 bits per heavy atom. The van der Waals surface area contributed by atoms with Crippen molar-refractivity contribution in [1.29, 1.82) is 0 Å². The van der Waals surface area contributed by atoms with E-state index in [-0.39, 0.29) is 18.0 Å². The van der Waals surface area contributed by atoms with Crippen LogP contribution in [0.1, 0.15) is 33.1 Å². The summed E-state index contributed by atoms with van der Waals surface area (Å²) < 4.78 is 12.8. The van der Waals surface area contributed by atoms with Gasteiger partial charge in [0.2, 0.25) is 0 Å². The maximum atomic E-state index is 12.8. The molecule has 0 saturated heterocycles. The van der Waals surface area contributed by atoms with Gasteiger partial charge in [0.1, 0.15) is 5.82 Å². The zero-order valence-corrected chi connectivity index (χ0v) is 12.3. The summed E-state index contributed by atoms with van der Waals surface area (Å²) in [6.45, 7) is 4.38. The van der Waals surface area contributed by atoms with Gasteiger partial charge in [-0.1, -0.05) is 6.92 Å². The molecule has 2 unspecified atom stereocenters. The fourth-order valence-electron chi connectivity index (χ4n) is 2.31. The number of aliphatic hydroxyl groups excluding tert-OH is 1. The first-order chi connectivity index (χ1) is 9.00. The standard InChI is InChI=1S/C15H22FNOS/c1-11(19-14-7-3-12(16)4-8-14)9-15(2,10-18)17-13-5-6-13/h3-4,7-8,11,13,17-18H,5-6,9-10H2,1-2H3. The predicted molar refractivity (Wildman–Crippen MR) is 78.0 cm³/mol. The lowest BCUT2D eigenvalue weighted by Gasteiger charge is -2.31. The fourth-order valence-corrected chi connectivity index (χ4v) is 3.52. The Bertz CT molecular complexity index is 407. The van der Waals surface area contributed by atoms with E-state index in [1.165, 1.54) is 25.0 Å². The van der Waals surface area contributed by atoms with Gasteiger partial charge >= 0.3 is 0 Å². The van der Waals surface area contributed by atoms with Gasteiger partial charge in [-0.25, -0.2) is 4.39 Å². The maximum absolute atomic E-state index is 12.8. The highest BCUT2D eigenvalue weighted by atomic mass is 32.2. The molecule has 106 valence electrons. The smallest absolute Gasteiger partial charge is 0.123 e. The number of nitrogens with one attached hydrogen (secondary N) is 1. The quantitative estimate of drug-likeness (QED) is 0.754. The van der Waals surface area contributed by atoms with Crippen LogP contribution in [-0.4, -0.2) is 28.5 Å². The van der Waals surface area contributed by atoms with Gasteiger partial charge in [-0.2, -0.15) is 0 Å². The first kappa shape index (κ1) is 14.8. The molecule has 0 aliphatic heterocycles. The van der Waals surface area contributed by atoms with Crippen molar-refractivity contribution >= 4 is 11.8 Å². The Kier molecular flexibility index (Phi) is 4.87. The van der Waals surface area contributed by atoms with E-state index in [2.05, 4.69) is 19.2 Å².